The highest BCUT2D eigenvalue weighted by molar-refractivity contribution is 5.81. The summed E-state index contributed by atoms with van der Waals surface area (Å²) in [7, 11) is 0. The standard InChI is InChI=1S/C9H18N2O2/c1-3-8(10)9(12)11-4-5-13-6-7(11)2/h7-8H,3-6,10H2,1-2H3. The van der Waals surface area contributed by atoms with Crippen molar-refractivity contribution in [2.24, 2.45) is 5.73 Å². The largest absolute Gasteiger partial charge is 0.377 e. The number of morpholine rings is 1. The van der Waals surface area contributed by atoms with Gasteiger partial charge in [0.1, 0.15) is 0 Å². The second kappa shape index (κ2) is 4.58. The van der Waals surface area contributed by atoms with Crippen molar-refractivity contribution in [2.45, 2.75) is 32.4 Å². The summed E-state index contributed by atoms with van der Waals surface area (Å²) in [6.07, 6.45) is 0.697. The molecule has 1 fully saturated rings. The SMILES string of the molecule is CCC(N)C(=O)N1CCOCC1C. The van der Waals surface area contributed by atoms with Crippen molar-refractivity contribution in [3.05, 3.63) is 0 Å². The molecule has 2 unspecified atom stereocenters. The third kappa shape index (κ3) is 2.42. The lowest BCUT2D eigenvalue weighted by Crippen LogP contribution is -2.52. The van der Waals surface area contributed by atoms with Crippen LogP contribution < -0.4 is 5.73 Å². The quantitative estimate of drug-likeness (QED) is 0.659. The van der Waals surface area contributed by atoms with Crippen LogP contribution >= 0.6 is 0 Å². The zero-order valence-corrected chi connectivity index (χ0v) is 8.32. The summed E-state index contributed by atoms with van der Waals surface area (Å²) in [4.78, 5) is 13.5. The fraction of sp³-hybridized carbons (Fsp3) is 0.889. The molecular weight excluding hydrogens is 168 g/mol. The average molecular weight is 186 g/mol. The Balaban J connectivity index is 2.53. The van der Waals surface area contributed by atoms with E-state index in [-0.39, 0.29) is 18.0 Å². The fourth-order valence-electron chi connectivity index (χ4n) is 1.44. The van der Waals surface area contributed by atoms with Crippen LogP contribution in [0, 0.1) is 0 Å². The van der Waals surface area contributed by atoms with Crippen LogP contribution in [0.15, 0.2) is 0 Å². The van der Waals surface area contributed by atoms with Crippen LogP contribution in [0.3, 0.4) is 0 Å². The van der Waals surface area contributed by atoms with E-state index >= 15 is 0 Å². The molecule has 1 amide bonds. The van der Waals surface area contributed by atoms with E-state index in [0.717, 1.165) is 0 Å². The van der Waals surface area contributed by atoms with Gasteiger partial charge in [0.2, 0.25) is 5.91 Å². The van der Waals surface area contributed by atoms with E-state index in [4.69, 9.17) is 10.5 Å². The van der Waals surface area contributed by atoms with Gasteiger partial charge in [0.15, 0.2) is 0 Å². The molecule has 1 saturated heterocycles. The van der Waals surface area contributed by atoms with Crippen molar-refractivity contribution < 1.29 is 9.53 Å². The second-order valence-corrected chi connectivity index (χ2v) is 3.47. The summed E-state index contributed by atoms with van der Waals surface area (Å²) in [5.41, 5.74) is 5.68. The maximum atomic E-state index is 11.7. The van der Waals surface area contributed by atoms with E-state index in [1.807, 2.05) is 18.7 Å². The molecule has 0 spiro atoms. The van der Waals surface area contributed by atoms with Crippen molar-refractivity contribution in [1.29, 1.82) is 0 Å². The molecule has 0 bridgehead atoms. The van der Waals surface area contributed by atoms with Gasteiger partial charge in [0.25, 0.3) is 0 Å². The smallest absolute Gasteiger partial charge is 0.239 e. The van der Waals surface area contributed by atoms with E-state index in [1.165, 1.54) is 0 Å². The fourth-order valence-corrected chi connectivity index (χ4v) is 1.44. The molecule has 76 valence electrons. The van der Waals surface area contributed by atoms with Gasteiger partial charge >= 0.3 is 0 Å². The third-order valence-electron chi connectivity index (χ3n) is 2.41. The summed E-state index contributed by atoms with van der Waals surface area (Å²) >= 11 is 0. The molecule has 4 heteroatoms. The molecular formula is C9H18N2O2. The highest BCUT2D eigenvalue weighted by atomic mass is 16.5. The average Bonchev–Trinajstić information content (AvgIpc) is 2.16. The number of nitrogens with zero attached hydrogens (tertiary/aromatic N) is 1. The topological polar surface area (TPSA) is 55.6 Å². The van der Waals surface area contributed by atoms with Gasteiger partial charge in [-0.1, -0.05) is 6.92 Å². The minimum Gasteiger partial charge on any atom is -0.377 e. The molecule has 0 radical (unpaired) electrons. The Hall–Kier alpha value is -0.610. The Morgan fingerprint density at radius 2 is 2.46 bits per heavy atom. The Bertz CT molecular complexity index is 184. The van der Waals surface area contributed by atoms with Crippen molar-refractivity contribution in [1.82, 2.24) is 4.90 Å². The number of rotatable bonds is 2. The number of amides is 1. The Morgan fingerprint density at radius 3 is 3.00 bits per heavy atom. The van der Waals surface area contributed by atoms with E-state index < -0.39 is 0 Å². The van der Waals surface area contributed by atoms with Gasteiger partial charge in [-0.3, -0.25) is 4.79 Å². The first-order chi connectivity index (χ1) is 6.16. The number of hydrogen-bond donors (Lipinski definition) is 1. The van der Waals surface area contributed by atoms with Gasteiger partial charge in [-0.2, -0.15) is 0 Å². The van der Waals surface area contributed by atoms with Gasteiger partial charge in [0.05, 0.1) is 25.3 Å². The molecule has 13 heavy (non-hydrogen) atoms. The molecule has 1 rings (SSSR count). The van der Waals surface area contributed by atoms with Crippen LogP contribution in [-0.4, -0.2) is 42.6 Å². The predicted octanol–water partition coefficient (Wildman–Crippen LogP) is -0.0290. The van der Waals surface area contributed by atoms with Crippen molar-refractivity contribution in [2.75, 3.05) is 19.8 Å². The van der Waals surface area contributed by atoms with E-state index in [1.54, 1.807) is 0 Å². The molecule has 1 heterocycles. The van der Waals surface area contributed by atoms with Crippen LogP contribution in [0.4, 0.5) is 0 Å². The van der Waals surface area contributed by atoms with Crippen LogP contribution in [0.5, 0.6) is 0 Å². The molecule has 0 aliphatic carbocycles. The van der Waals surface area contributed by atoms with E-state index in [2.05, 4.69) is 0 Å². The molecule has 1 aliphatic rings. The van der Waals surface area contributed by atoms with Gasteiger partial charge in [-0.05, 0) is 13.3 Å². The first-order valence-electron chi connectivity index (χ1n) is 4.80. The summed E-state index contributed by atoms with van der Waals surface area (Å²) in [6.45, 7) is 5.84. The normalized spacial score (nSPS) is 25.8. The highest BCUT2D eigenvalue weighted by Crippen LogP contribution is 2.08. The Kier molecular flexibility index (Phi) is 3.69. The van der Waals surface area contributed by atoms with Gasteiger partial charge in [0, 0.05) is 6.54 Å². The highest BCUT2D eigenvalue weighted by Gasteiger charge is 2.26. The summed E-state index contributed by atoms with van der Waals surface area (Å²) < 4.78 is 5.24. The van der Waals surface area contributed by atoms with Crippen LogP contribution in [0.25, 0.3) is 0 Å². The number of carbonyl (C=O) groups is 1. The van der Waals surface area contributed by atoms with E-state index in [9.17, 15) is 4.79 Å². The first-order valence-corrected chi connectivity index (χ1v) is 4.80. The van der Waals surface area contributed by atoms with Gasteiger partial charge in [-0.15, -0.1) is 0 Å². The zero-order chi connectivity index (χ0) is 9.84. The summed E-state index contributed by atoms with van der Waals surface area (Å²) in [5.74, 6) is 0.0540. The molecule has 2 atom stereocenters. The lowest BCUT2D eigenvalue weighted by atomic mass is 10.1. The first kappa shape index (κ1) is 10.5. The number of hydrogen-bond acceptors (Lipinski definition) is 3. The Morgan fingerprint density at radius 1 is 1.77 bits per heavy atom. The molecule has 2 N–H and O–H groups in total. The molecule has 0 aromatic carbocycles. The molecule has 0 aromatic rings. The van der Waals surface area contributed by atoms with Crippen molar-refractivity contribution >= 4 is 5.91 Å². The van der Waals surface area contributed by atoms with E-state index in [0.29, 0.717) is 26.2 Å². The number of ether oxygens (including phenoxy) is 1. The van der Waals surface area contributed by atoms with Gasteiger partial charge in [-0.25, -0.2) is 0 Å². The monoisotopic (exact) mass is 186 g/mol. The van der Waals surface area contributed by atoms with Crippen molar-refractivity contribution in [3.8, 4) is 0 Å². The second-order valence-electron chi connectivity index (χ2n) is 3.47. The molecule has 0 aromatic heterocycles. The molecule has 4 nitrogen and oxygen atoms in total. The molecule has 1 aliphatic heterocycles. The zero-order valence-electron chi connectivity index (χ0n) is 8.32. The Labute approximate surface area is 79.0 Å². The predicted molar refractivity (Wildman–Crippen MR) is 50.3 cm³/mol. The van der Waals surface area contributed by atoms with Gasteiger partial charge < -0.3 is 15.4 Å². The van der Waals surface area contributed by atoms with Crippen LogP contribution in [0.1, 0.15) is 20.3 Å². The summed E-state index contributed by atoms with van der Waals surface area (Å²) in [5, 5.41) is 0. The maximum Gasteiger partial charge on any atom is 0.239 e. The van der Waals surface area contributed by atoms with Crippen LogP contribution in [0.2, 0.25) is 0 Å². The minimum atomic E-state index is -0.347. The molecule has 0 saturated carbocycles. The number of carbonyl (C=O) groups excluding carboxylic acids is 1. The van der Waals surface area contributed by atoms with Crippen molar-refractivity contribution in [3.63, 3.8) is 0 Å². The summed E-state index contributed by atoms with van der Waals surface area (Å²) in [6, 6.07) is -0.181. The lowest BCUT2D eigenvalue weighted by Gasteiger charge is -2.34. The lowest BCUT2D eigenvalue weighted by molar-refractivity contribution is -0.140. The third-order valence-corrected chi connectivity index (χ3v) is 2.41. The minimum absolute atomic E-state index is 0.0540. The van der Waals surface area contributed by atoms with Crippen LogP contribution in [-0.2, 0) is 9.53 Å². The maximum absolute atomic E-state index is 11.7. The number of nitrogens with two attached hydrogens (primary N) is 1.